The predicted octanol–water partition coefficient (Wildman–Crippen LogP) is 0.906. The lowest BCUT2D eigenvalue weighted by molar-refractivity contribution is -0.385. The third kappa shape index (κ3) is 3.37. The van der Waals surface area contributed by atoms with Crippen LogP contribution in [0.4, 0.5) is 11.6 Å². The molecule has 8 heteroatoms. The van der Waals surface area contributed by atoms with Crippen LogP contribution in [0.15, 0.2) is 12.4 Å². The van der Waals surface area contributed by atoms with Crippen LogP contribution in [-0.4, -0.2) is 32.0 Å². The summed E-state index contributed by atoms with van der Waals surface area (Å²) in [6.07, 6.45) is 2.04. The van der Waals surface area contributed by atoms with E-state index in [0.29, 0.717) is 0 Å². The van der Waals surface area contributed by atoms with E-state index in [4.69, 9.17) is 5.11 Å². The average Bonchev–Trinajstić information content (AvgIpc) is 2.25. The summed E-state index contributed by atoms with van der Waals surface area (Å²) >= 11 is 0. The number of nitro groups is 1. The average molecular weight is 240 g/mol. The van der Waals surface area contributed by atoms with Crippen LogP contribution in [-0.2, 0) is 4.79 Å². The molecule has 1 aromatic heterocycles. The van der Waals surface area contributed by atoms with Crippen LogP contribution in [0, 0.1) is 16.0 Å². The van der Waals surface area contributed by atoms with Crippen molar-refractivity contribution in [3.8, 4) is 0 Å². The Morgan fingerprint density at radius 1 is 1.47 bits per heavy atom. The lowest BCUT2D eigenvalue weighted by Gasteiger charge is -2.17. The van der Waals surface area contributed by atoms with Crippen molar-refractivity contribution in [3.05, 3.63) is 22.5 Å². The number of aromatic nitrogens is 2. The van der Waals surface area contributed by atoms with Crippen LogP contribution in [0.1, 0.15) is 13.8 Å². The number of nitrogens with one attached hydrogen (secondary N) is 1. The summed E-state index contributed by atoms with van der Waals surface area (Å²) in [5, 5.41) is 21.9. The molecule has 0 aliphatic heterocycles. The lowest BCUT2D eigenvalue weighted by atomic mass is 10.1. The van der Waals surface area contributed by atoms with E-state index < -0.39 is 16.9 Å². The quantitative estimate of drug-likeness (QED) is 0.579. The zero-order valence-electron chi connectivity index (χ0n) is 9.32. The number of carboxylic acids is 1. The maximum Gasteiger partial charge on any atom is 0.326 e. The van der Waals surface area contributed by atoms with Crippen LogP contribution in [0.25, 0.3) is 0 Å². The van der Waals surface area contributed by atoms with Gasteiger partial charge in [0.25, 0.3) is 0 Å². The van der Waals surface area contributed by atoms with Crippen molar-refractivity contribution < 1.29 is 14.8 Å². The van der Waals surface area contributed by atoms with Gasteiger partial charge in [-0.2, -0.15) is 0 Å². The Labute approximate surface area is 96.9 Å². The Balaban J connectivity index is 2.80. The van der Waals surface area contributed by atoms with Crippen molar-refractivity contribution in [2.75, 3.05) is 5.32 Å². The first-order valence-electron chi connectivity index (χ1n) is 4.87. The van der Waals surface area contributed by atoms with Gasteiger partial charge < -0.3 is 10.4 Å². The smallest absolute Gasteiger partial charge is 0.326 e. The SMILES string of the molecule is CC(C)[C@@H](Nc1ncc([N+](=O)[O-])cn1)C(=O)O. The van der Waals surface area contributed by atoms with Gasteiger partial charge in [-0.3, -0.25) is 10.1 Å². The van der Waals surface area contributed by atoms with Gasteiger partial charge in [0.15, 0.2) is 0 Å². The largest absolute Gasteiger partial charge is 0.480 e. The molecule has 0 amide bonds. The normalized spacial score (nSPS) is 12.2. The number of nitrogens with zero attached hydrogens (tertiary/aromatic N) is 3. The molecule has 1 aromatic rings. The first-order chi connectivity index (χ1) is 7.91. The highest BCUT2D eigenvalue weighted by atomic mass is 16.6. The molecule has 0 unspecified atom stereocenters. The second kappa shape index (κ2) is 5.19. The Hall–Kier alpha value is -2.25. The summed E-state index contributed by atoms with van der Waals surface area (Å²) in [6.45, 7) is 3.47. The van der Waals surface area contributed by atoms with E-state index in [0.717, 1.165) is 12.4 Å². The van der Waals surface area contributed by atoms with E-state index in [1.54, 1.807) is 13.8 Å². The van der Waals surface area contributed by atoms with E-state index in [1.165, 1.54) is 0 Å². The minimum Gasteiger partial charge on any atom is -0.480 e. The molecule has 8 nitrogen and oxygen atoms in total. The van der Waals surface area contributed by atoms with Gasteiger partial charge in [-0.25, -0.2) is 14.8 Å². The highest BCUT2D eigenvalue weighted by Crippen LogP contribution is 2.11. The minimum atomic E-state index is -1.03. The van der Waals surface area contributed by atoms with Gasteiger partial charge in [-0.15, -0.1) is 0 Å². The molecule has 92 valence electrons. The fourth-order valence-electron chi connectivity index (χ4n) is 1.14. The Kier molecular flexibility index (Phi) is 3.91. The molecule has 0 radical (unpaired) electrons. The van der Waals surface area contributed by atoms with Crippen molar-refractivity contribution in [1.82, 2.24) is 9.97 Å². The third-order valence-corrected chi connectivity index (χ3v) is 2.07. The van der Waals surface area contributed by atoms with Crippen molar-refractivity contribution >= 4 is 17.6 Å². The number of rotatable bonds is 5. The first-order valence-corrected chi connectivity index (χ1v) is 4.87. The molecule has 1 heterocycles. The Bertz CT molecular complexity index is 418. The zero-order chi connectivity index (χ0) is 13.0. The fourth-order valence-corrected chi connectivity index (χ4v) is 1.14. The van der Waals surface area contributed by atoms with E-state index in [2.05, 4.69) is 15.3 Å². The first kappa shape index (κ1) is 12.8. The number of hydrogen-bond acceptors (Lipinski definition) is 6. The minimum absolute atomic E-state index is 0.0525. The number of carbonyl (C=O) groups is 1. The van der Waals surface area contributed by atoms with Gasteiger partial charge >= 0.3 is 11.7 Å². The topological polar surface area (TPSA) is 118 Å². The molecule has 0 aliphatic carbocycles. The van der Waals surface area contributed by atoms with Crippen LogP contribution >= 0.6 is 0 Å². The summed E-state index contributed by atoms with van der Waals surface area (Å²) in [5.74, 6) is -1.13. The summed E-state index contributed by atoms with van der Waals surface area (Å²) in [4.78, 5) is 28.0. The summed E-state index contributed by atoms with van der Waals surface area (Å²) in [6, 6.07) is -0.837. The fraction of sp³-hybridized carbons (Fsp3) is 0.444. The van der Waals surface area contributed by atoms with Crippen LogP contribution in [0.2, 0.25) is 0 Å². The van der Waals surface area contributed by atoms with E-state index in [-0.39, 0.29) is 17.6 Å². The molecule has 0 saturated carbocycles. The van der Waals surface area contributed by atoms with Crippen LogP contribution in [0.3, 0.4) is 0 Å². The molecule has 0 bridgehead atoms. The predicted molar refractivity (Wildman–Crippen MR) is 58.6 cm³/mol. The van der Waals surface area contributed by atoms with E-state index in [9.17, 15) is 14.9 Å². The molecule has 1 rings (SSSR count). The maximum absolute atomic E-state index is 10.9. The second-order valence-electron chi connectivity index (χ2n) is 3.73. The molecule has 2 N–H and O–H groups in total. The molecule has 0 fully saturated rings. The van der Waals surface area contributed by atoms with Crippen LogP contribution < -0.4 is 5.32 Å². The van der Waals surface area contributed by atoms with Gasteiger partial charge in [-0.05, 0) is 5.92 Å². The molecule has 0 aliphatic rings. The number of hydrogen-bond donors (Lipinski definition) is 2. The number of aliphatic carboxylic acids is 1. The van der Waals surface area contributed by atoms with E-state index >= 15 is 0 Å². The molecule has 1 atom stereocenters. The molecule has 0 aromatic carbocycles. The molecule has 0 saturated heterocycles. The molecular weight excluding hydrogens is 228 g/mol. The second-order valence-corrected chi connectivity index (χ2v) is 3.73. The molecule has 17 heavy (non-hydrogen) atoms. The molecule has 0 spiro atoms. The van der Waals surface area contributed by atoms with Crippen molar-refractivity contribution in [3.63, 3.8) is 0 Å². The Morgan fingerprint density at radius 3 is 2.35 bits per heavy atom. The van der Waals surface area contributed by atoms with Crippen molar-refractivity contribution in [2.24, 2.45) is 5.92 Å². The van der Waals surface area contributed by atoms with Gasteiger partial charge in [0, 0.05) is 0 Å². The molecular formula is C9H12N4O4. The van der Waals surface area contributed by atoms with Crippen molar-refractivity contribution in [1.29, 1.82) is 0 Å². The lowest BCUT2D eigenvalue weighted by Crippen LogP contribution is -2.34. The van der Waals surface area contributed by atoms with Crippen LogP contribution in [0.5, 0.6) is 0 Å². The summed E-state index contributed by atoms with van der Waals surface area (Å²) < 4.78 is 0. The van der Waals surface area contributed by atoms with Gasteiger partial charge in [0.05, 0.1) is 4.92 Å². The maximum atomic E-state index is 10.9. The van der Waals surface area contributed by atoms with Gasteiger partial charge in [-0.1, -0.05) is 13.8 Å². The highest BCUT2D eigenvalue weighted by molar-refractivity contribution is 5.76. The highest BCUT2D eigenvalue weighted by Gasteiger charge is 2.22. The van der Waals surface area contributed by atoms with Crippen molar-refractivity contribution in [2.45, 2.75) is 19.9 Å². The number of carboxylic acid groups (broad SMARTS) is 1. The number of anilines is 1. The monoisotopic (exact) mass is 240 g/mol. The van der Waals surface area contributed by atoms with Gasteiger partial charge in [0.2, 0.25) is 5.95 Å². The summed E-state index contributed by atoms with van der Waals surface area (Å²) in [7, 11) is 0. The van der Waals surface area contributed by atoms with E-state index in [1.807, 2.05) is 0 Å². The summed E-state index contributed by atoms with van der Waals surface area (Å²) in [5.41, 5.74) is -0.244. The zero-order valence-corrected chi connectivity index (χ0v) is 9.32. The third-order valence-electron chi connectivity index (χ3n) is 2.07. The Morgan fingerprint density at radius 2 is 2.00 bits per heavy atom. The standard InChI is InChI=1S/C9H12N4O4/c1-5(2)7(8(14)15)12-9-10-3-6(4-11-9)13(16)17/h3-5,7H,1-2H3,(H,14,15)(H,10,11,12)/t7-/m1/s1. The van der Waals surface area contributed by atoms with Gasteiger partial charge in [0.1, 0.15) is 18.4 Å².